The van der Waals surface area contributed by atoms with Gasteiger partial charge in [-0.3, -0.25) is 10.1 Å². The van der Waals surface area contributed by atoms with E-state index < -0.39 is 10.9 Å². The lowest BCUT2D eigenvalue weighted by Gasteiger charge is -2.21. The largest absolute Gasteiger partial charge is 0.478 e. The molecule has 6 heteroatoms. The van der Waals surface area contributed by atoms with Gasteiger partial charge >= 0.3 is 5.97 Å². The van der Waals surface area contributed by atoms with Gasteiger partial charge in [-0.15, -0.1) is 0 Å². The van der Waals surface area contributed by atoms with Gasteiger partial charge in [0.1, 0.15) is 0 Å². The summed E-state index contributed by atoms with van der Waals surface area (Å²) in [5, 5.41) is 20.2. The second-order valence-electron chi connectivity index (χ2n) is 5.21. The summed E-state index contributed by atoms with van der Waals surface area (Å²) in [5.74, 6) is -0.567. The molecule has 6 nitrogen and oxygen atoms in total. The van der Waals surface area contributed by atoms with Crippen molar-refractivity contribution in [2.75, 3.05) is 18.0 Å². The highest BCUT2D eigenvalue weighted by molar-refractivity contribution is 5.90. The zero-order valence-corrected chi connectivity index (χ0v) is 11.6. The molecule has 1 aromatic rings. The molecule has 1 unspecified atom stereocenters. The number of nitro groups is 1. The van der Waals surface area contributed by atoms with Gasteiger partial charge in [-0.2, -0.15) is 0 Å². The standard InChI is InChI=1S/C14H18N2O4/c1-3-10-4-5-15(8-10)12-6-11(14(17)18)7-13(9(12)2)16(19)20/h6-7,10H,3-5,8H2,1-2H3,(H,17,18). The van der Waals surface area contributed by atoms with E-state index in [9.17, 15) is 14.9 Å². The highest BCUT2D eigenvalue weighted by Gasteiger charge is 2.26. The van der Waals surface area contributed by atoms with E-state index >= 15 is 0 Å². The average Bonchev–Trinajstić information content (AvgIpc) is 2.86. The lowest BCUT2D eigenvalue weighted by molar-refractivity contribution is -0.385. The van der Waals surface area contributed by atoms with Crippen LogP contribution in [-0.4, -0.2) is 29.1 Å². The van der Waals surface area contributed by atoms with E-state index in [0.29, 0.717) is 17.2 Å². The van der Waals surface area contributed by atoms with E-state index in [2.05, 4.69) is 11.8 Å². The zero-order chi connectivity index (χ0) is 14.9. The van der Waals surface area contributed by atoms with E-state index in [-0.39, 0.29) is 11.3 Å². The van der Waals surface area contributed by atoms with Crippen LogP contribution in [-0.2, 0) is 0 Å². The Labute approximate surface area is 117 Å². The van der Waals surface area contributed by atoms with Crippen molar-refractivity contribution < 1.29 is 14.8 Å². The quantitative estimate of drug-likeness (QED) is 0.676. The topological polar surface area (TPSA) is 83.7 Å². The Morgan fingerprint density at radius 2 is 2.25 bits per heavy atom. The number of carboxylic acid groups (broad SMARTS) is 1. The van der Waals surface area contributed by atoms with Crippen molar-refractivity contribution in [3.05, 3.63) is 33.4 Å². The molecule has 0 spiro atoms. The van der Waals surface area contributed by atoms with Crippen LogP contribution in [0.1, 0.15) is 35.7 Å². The predicted molar refractivity (Wildman–Crippen MR) is 75.4 cm³/mol. The number of benzene rings is 1. The number of hydrogen-bond donors (Lipinski definition) is 1. The minimum atomic E-state index is -1.14. The summed E-state index contributed by atoms with van der Waals surface area (Å²) < 4.78 is 0. The van der Waals surface area contributed by atoms with Crippen LogP contribution in [0, 0.1) is 23.0 Å². The Balaban J connectivity index is 2.46. The van der Waals surface area contributed by atoms with Crippen LogP contribution >= 0.6 is 0 Å². The number of carbonyl (C=O) groups is 1. The van der Waals surface area contributed by atoms with Crippen molar-refractivity contribution in [2.45, 2.75) is 26.7 Å². The van der Waals surface area contributed by atoms with Gasteiger partial charge in [0, 0.05) is 24.8 Å². The Hall–Kier alpha value is -2.11. The normalized spacial score (nSPS) is 18.3. The van der Waals surface area contributed by atoms with Crippen LogP contribution in [0.15, 0.2) is 12.1 Å². The van der Waals surface area contributed by atoms with Crippen LogP contribution in [0.2, 0.25) is 0 Å². The molecule has 0 aliphatic carbocycles. The molecule has 1 N–H and O–H groups in total. The van der Waals surface area contributed by atoms with Gasteiger partial charge in [-0.05, 0) is 25.3 Å². The minimum Gasteiger partial charge on any atom is -0.478 e. The fraction of sp³-hybridized carbons (Fsp3) is 0.500. The highest BCUT2D eigenvalue weighted by Crippen LogP contribution is 2.34. The molecule has 0 saturated carbocycles. The smallest absolute Gasteiger partial charge is 0.336 e. The number of aromatic carboxylic acids is 1. The molecule has 1 aliphatic heterocycles. The van der Waals surface area contributed by atoms with Crippen LogP contribution in [0.5, 0.6) is 0 Å². The first kappa shape index (κ1) is 14.3. The average molecular weight is 278 g/mol. The molecule has 1 fully saturated rings. The molecular formula is C14H18N2O4. The molecule has 0 amide bonds. The maximum absolute atomic E-state index is 11.1. The third-order valence-corrected chi connectivity index (χ3v) is 4.00. The fourth-order valence-corrected chi connectivity index (χ4v) is 2.71. The first-order valence-electron chi connectivity index (χ1n) is 6.71. The summed E-state index contributed by atoms with van der Waals surface area (Å²) in [7, 11) is 0. The number of rotatable bonds is 4. The Morgan fingerprint density at radius 1 is 1.55 bits per heavy atom. The van der Waals surface area contributed by atoms with Crippen LogP contribution in [0.4, 0.5) is 11.4 Å². The lowest BCUT2D eigenvalue weighted by Crippen LogP contribution is -2.21. The molecule has 108 valence electrons. The van der Waals surface area contributed by atoms with Gasteiger partial charge in [0.2, 0.25) is 0 Å². The monoisotopic (exact) mass is 278 g/mol. The van der Waals surface area contributed by atoms with E-state index in [0.717, 1.165) is 32.0 Å². The van der Waals surface area contributed by atoms with E-state index in [4.69, 9.17) is 5.11 Å². The van der Waals surface area contributed by atoms with Crippen LogP contribution in [0.25, 0.3) is 0 Å². The molecule has 1 aliphatic rings. The number of nitrogens with zero attached hydrogens (tertiary/aromatic N) is 2. The third kappa shape index (κ3) is 2.59. The van der Waals surface area contributed by atoms with Gasteiger partial charge in [-0.1, -0.05) is 13.3 Å². The van der Waals surface area contributed by atoms with Crippen molar-refractivity contribution in [2.24, 2.45) is 5.92 Å². The zero-order valence-electron chi connectivity index (χ0n) is 11.6. The molecular weight excluding hydrogens is 260 g/mol. The molecule has 20 heavy (non-hydrogen) atoms. The van der Waals surface area contributed by atoms with Crippen molar-refractivity contribution in [1.82, 2.24) is 0 Å². The maximum Gasteiger partial charge on any atom is 0.336 e. The minimum absolute atomic E-state index is 0.0303. The summed E-state index contributed by atoms with van der Waals surface area (Å²) >= 11 is 0. The number of nitro benzene ring substituents is 1. The molecule has 1 heterocycles. The lowest BCUT2D eigenvalue weighted by atomic mass is 10.1. The fourth-order valence-electron chi connectivity index (χ4n) is 2.71. The van der Waals surface area contributed by atoms with Crippen molar-refractivity contribution >= 4 is 17.3 Å². The van der Waals surface area contributed by atoms with Crippen LogP contribution < -0.4 is 4.90 Å². The molecule has 0 aromatic heterocycles. The molecule has 1 atom stereocenters. The molecule has 0 bridgehead atoms. The van der Waals surface area contributed by atoms with Gasteiger partial charge in [-0.25, -0.2) is 4.79 Å². The number of hydrogen-bond acceptors (Lipinski definition) is 4. The number of anilines is 1. The van der Waals surface area contributed by atoms with Crippen molar-refractivity contribution in [1.29, 1.82) is 0 Å². The van der Waals surface area contributed by atoms with Crippen molar-refractivity contribution in [3.8, 4) is 0 Å². The van der Waals surface area contributed by atoms with E-state index in [1.807, 2.05) is 0 Å². The highest BCUT2D eigenvalue weighted by atomic mass is 16.6. The summed E-state index contributed by atoms with van der Waals surface area (Å²) in [5.41, 5.74) is 1.06. The van der Waals surface area contributed by atoms with Crippen molar-refractivity contribution in [3.63, 3.8) is 0 Å². The third-order valence-electron chi connectivity index (χ3n) is 4.00. The van der Waals surface area contributed by atoms with E-state index in [1.54, 1.807) is 13.0 Å². The molecule has 1 saturated heterocycles. The SMILES string of the molecule is CCC1CCN(c2cc(C(=O)O)cc([N+](=O)[O-])c2C)C1. The van der Waals surface area contributed by atoms with Gasteiger partial charge in [0.25, 0.3) is 5.69 Å². The van der Waals surface area contributed by atoms with Crippen LogP contribution in [0.3, 0.4) is 0 Å². The van der Waals surface area contributed by atoms with Gasteiger partial charge in [0.15, 0.2) is 0 Å². The summed E-state index contributed by atoms with van der Waals surface area (Å²) in [6.45, 7) is 5.45. The van der Waals surface area contributed by atoms with Gasteiger partial charge < -0.3 is 10.0 Å². The Kier molecular flexibility index (Phi) is 3.92. The second-order valence-corrected chi connectivity index (χ2v) is 5.21. The molecule has 0 radical (unpaired) electrons. The first-order valence-corrected chi connectivity index (χ1v) is 6.71. The summed E-state index contributed by atoms with van der Waals surface area (Å²) in [6.07, 6.45) is 2.11. The first-order chi connectivity index (χ1) is 9.43. The molecule has 1 aromatic carbocycles. The maximum atomic E-state index is 11.1. The summed E-state index contributed by atoms with van der Waals surface area (Å²) in [6, 6.07) is 2.68. The molecule has 2 rings (SSSR count). The van der Waals surface area contributed by atoms with E-state index in [1.165, 1.54) is 0 Å². The second kappa shape index (κ2) is 5.48. The summed E-state index contributed by atoms with van der Waals surface area (Å²) in [4.78, 5) is 23.8. The Bertz CT molecular complexity index is 556. The Morgan fingerprint density at radius 3 is 2.75 bits per heavy atom. The number of carboxylic acids is 1. The predicted octanol–water partition coefficient (Wildman–Crippen LogP) is 2.84. The van der Waals surface area contributed by atoms with Gasteiger partial charge in [0.05, 0.1) is 16.1 Å².